The van der Waals surface area contributed by atoms with E-state index < -0.39 is 17.7 Å². The molecule has 2 rings (SSSR count). The van der Waals surface area contributed by atoms with Crippen LogP contribution in [-0.4, -0.2) is 24.1 Å². The highest BCUT2D eigenvalue weighted by atomic mass is 19.1. The maximum Gasteiger partial charge on any atom is 0.228 e. The third-order valence-corrected chi connectivity index (χ3v) is 3.13. The Morgan fingerprint density at radius 2 is 2.00 bits per heavy atom. The van der Waals surface area contributed by atoms with Gasteiger partial charge in [-0.3, -0.25) is 0 Å². The van der Waals surface area contributed by atoms with Gasteiger partial charge in [0.05, 0.1) is 13.2 Å². The summed E-state index contributed by atoms with van der Waals surface area (Å²) in [6, 6.07) is 4.58. The van der Waals surface area contributed by atoms with Crippen molar-refractivity contribution >= 4 is 5.95 Å². The minimum atomic E-state index is -0.479. The van der Waals surface area contributed by atoms with Crippen molar-refractivity contribution in [1.29, 1.82) is 0 Å². The SMILES string of the molecule is COc1ccnc(N(C)C(C)c2cc(F)ccc2F)n1. The number of methoxy groups -OCH3 is 1. The van der Waals surface area contributed by atoms with E-state index in [1.54, 1.807) is 31.1 Å². The number of nitrogens with zero attached hydrogens (tertiary/aromatic N) is 3. The fourth-order valence-electron chi connectivity index (χ4n) is 1.83. The van der Waals surface area contributed by atoms with Crippen LogP contribution in [0.15, 0.2) is 30.5 Å². The van der Waals surface area contributed by atoms with E-state index in [-0.39, 0.29) is 5.56 Å². The molecule has 0 aliphatic carbocycles. The van der Waals surface area contributed by atoms with Crippen LogP contribution in [0, 0.1) is 11.6 Å². The largest absolute Gasteiger partial charge is 0.481 e. The highest BCUT2D eigenvalue weighted by molar-refractivity contribution is 5.36. The molecule has 0 bridgehead atoms. The summed E-state index contributed by atoms with van der Waals surface area (Å²) in [7, 11) is 3.21. The van der Waals surface area contributed by atoms with Crippen molar-refractivity contribution in [2.75, 3.05) is 19.1 Å². The highest BCUT2D eigenvalue weighted by Crippen LogP contribution is 2.26. The smallest absolute Gasteiger partial charge is 0.228 e. The quantitative estimate of drug-likeness (QED) is 0.862. The van der Waals surface area contributed by atoms with Crippen molar-refractivity contribution in [2.24, 2.45) is 0 Å². The topological polar surface area (TPSA) is 38.2 Å². The van der Waals surface area contributed by atoms with E-state index in [0.717, 1.165) is 12.1 Å². The van der Waals surface area contributed by atoms with Gasteiger partial charge >= 0.3 is 0 Å². The summed E-state index contributed by atoms with van der Waals surface area (Å²) in [4.78, 5) is 9.92. The van der Waals surface area contributed by atoms with Gasteiger partial charge in [-0.15, -0.1) is 0 Å². The molecule has 0 saturated carbocycles. The third kappa shape index (κ3) is 2.84. The van der Waals surface area contributed by atoms with E-state index in [2.05, 4.69) is 9.97 Å². The van der Waals surface area contributed by atoms with Crippen LogP contribution in [0.4, 0.5) is 14.7 Å². The molecule has 1 unspecified atom stereocenters. The zero-order valence-corrected chi connectivity index (χ0v) is 11.5. The van der Waals surface area contributed by atoms with Crippen LogP contribution in [0.1, 0.15) is 18.5 Å². The summed E-state index contributed by atoms with van der Waals surface area (Å²) < 4.78 is 32.1. The second-order valence-corrected chi connectivity index (χ2v) is 4.35. The molecule has 0 aliphatic heterocycles. The van der Waals surface area contributed by atoms with E-state index >= 15 is 0 Å². The van der Waals surface area contributed by atoms with Crippen LogP contribution in [0.25, 0.3) is 0 Å². The molecule has 6 heteroatoms. The lowest BCUT2D eigenvalue weighted by Gasteiger charge is -2.25. The van der Waals surface area contributed by atoms with Gasteiger partial charge in [-0.25, -0.2) is 13.8 Å². The predicted molar refractivity (Wildman–Crippen MR) is 71.8 cm³/mol. The Morgan fingerprint density at radius 3 is 2.70 bits per heavy atom. The molecule has 4 nitrogen and oxygen atoms in total. The molecule has 106 valence electrons. The first-order valence-corrected chi connectivity index (χ1v) is 6.07. The molecule has 1 heterocycles. The number of benzene rings is 1. The minimum Gasteiger partial charge on any atom is -0.481 e. The Hall–Kier alpha value is -2.24. The fraction of sp³-hybridized carbons (Fsp3) is 0.286. The van der Waals surface area contributed by atoms with E-state index in [4.69, 9.17) is 4.74 Å². The number of ether oxygens (including phenoxy) is 1. The van der Waals surface area contributed by atoms with E-state index in [1.807, 2.05) is 0 Å². The molecular formula is C14H15F2N3O. The molecule has 0 fully saturated rings. The zero-order valence-electron chi connectivity index (χ0n) is 11.5. The van der Waals surface area contributed by atoms with Crippen LogP contribution in [0.5, 0.6) is 5.88 Å². The normalized spacial score (nSPS) is 12.1. The number of anilines is 1. The van der Waals surface area contributed by atoms with Crippen LogP contribution >= 0.6 is 0 Å². The van der Waals surface area contributed by atoms with Crippen molar-refractivity contribution in [3.63, 3.8) is 0 Å². The minimum absolute atomic E-state index is 0.249. The molecule has 1 atom stereocenters. The third-order valence-electron chi connectivity index (χ3n) is 3.13. The van der Waals surface area contributed by atoms with Crippen molar-refractivity contribution in [3.8, 4) is 5.88 Å². The highest BCUT2D eigenvalue weighted by Gasteiger charge is 2.19. The van der Waals surface area contributed by atoms with Crippen LogP contribution in [0.2, 0.25) is 0 Å². The molecule has 2 aromatic rings. The number of rotatable bonds is 4. The Bertz CT molecular complexity index is 607. The molecule has 1 aromatic heterocycles. The Kier molecular flexibility index (Phi) is 4.12. The Morgan fingerprint density at radius 1 is 1.25 bits per heavy atom. The maximum absolute atomic E-state index is 13.8. The molecule has 0 saturated heterocycles. The number of hydrogen-bond donors (Lipinski definition) is 0. The van der Waals surface area contributed by atoms with E-state index in [0.29, 0.717) is 11.8 Å². The first kappa shape index (κ1) is 14.2. The van der Waals surface area contributed by atoms with Crippen LogP contribution < -0.4 is 9.64 Å². The van der Waals surface area contributed by atoms with Crippen molar-refractivity contribution in [2.45, 2.75) is 13.0 Å². The predicted octanol–water partition coefficient (Wildman–Crippen LogP) is 2.96. The van der Waals surface area contributed by atoms with Gasteiger partial charge in [0.1, 0.15) is 11.6 Å². The van der Waals surface area contributed by atoms with Gasteiger partial charge in [-0.05, 0) is 25.1 Å². The van der Waals surface area contributed by atoms with Crippen LogP contribution in [0.3, 0.4) is 0 Å². The van der Waals surface area contributed by atoms with Gasteiger partial charge in [0.2, 0.25) is 11.8 Å². The fourth-order valence-corrected chi connectivity index (χ4v) is 1.83. The monoisotopic (exact) mass is 279 g/mol. The van der Waals surface area contributed by atoms with Gasteiger partial charge < -0.3 is 9.64 Å². The average Bonchev–Trinajstić information content (AvgIpc) is 2.48. The summed E-state index contributed by atoms with van der Waals surface area (Å²) in [5.74, 6) is -0.156. The summed E-state index contributed by atoms with van der Waals surface area (Å²) in [6.07, 6.45) is 1.55. The lowest BCUT2D eigenvalue weighted by atomic mass is 10.1. The summed E-state index contributed by atoms with van der Waals surface area (Å²) in [5.41, 5.74) is 0.249. The Labute approximate surface area is 116 Å². The lowest BCUT2D eigenvalue weighted by Crippen LogP contribution is -2.24. The average molecular weight is 279 g/mol. The second-order valence-electron chi connectivity index (χ2n) is 4.35. The van der Waals surface area contributed by atoms with E-state index in [9.17, 15) is 8.78 Å². The van der Waals surface area contributed by atoms with Gasteiger partial charge in [0, 0.05) is 24.9 Å². The molecule has 0 amide bonds. The van der Waals surface area contributed by atoms with Gasteiger partial charge in [-0.1, -0.05) is 0 Å². The van der Waals surface area contributed by atoms with E-state index in [1.165, 1.54) is 13.2 Å². The van der Waals surface area contributed by atoms with Crippen molar-refractivity contribution < 1.29 is 13.5 Å². The zero-order chi connectivity index (χ0) is 14.7. The van der Waals surface area contributed by atoms with Crippen molar-refractivity contribution in [1.82, 2.24) is 9.97 Å². The van der Waals surface area contributed by atoms with Crippen LogP contribution in [-0.2, 0) is 0 Å². The van der Waals surface area contributed by atoms with Gasteiger partial charge in [0.15, 0.2) is 0 Å². The molecule has 0 N–H and O–H groups in total. The molecule has 0 spiro atoms. The summed E-state index contributed by atoms with van der Waals surface area (Å²) >= 11 is 0. The number of halogens is 2. The van der Waals surface area contributed by atoms with Gasteiger partial charge in [-0.2, -0.15) is 4.98 Å². The summed E-state index contributed by atoms with van der Waals surface area (Å²) in [5, 5.41) is 0. The number of hydrogen-bond acceptors (Lipinski definition) is 4. The Balaban J connectivity index is 2.31. The maximum atomic E-state index is 13.8. The standard InChI is InChI=1S/C14H15F2N3O/c1-9(11-8-10(15)4-5-12(11)16)19(2)14-17-7-6-13(18-14)20-3/h4-9H,1-3H3. The summed E-state index contributed by atoms with van der Waals surface area (Å²) in [6.45, 7) is 1.75. The van der Waals surface area contributed by atoms with Crippen molar-refractivity contribution in [3.05, 3.63) is 47.7 Å². The molecule has 0 radical (unpaired) electrons. The first-order chi connectivity index (χ1) is 9.52. The molecular weight excluding hydrogens is 264 g/mol. The molecule has 20 heavy (non-hydrogen) atoms. The lowest BCUT2D eigenvalue weighted by molar-refractivity contribution is 0.396. The second kappa shape index (κ2) is 5.81. The molecule has 0 aliphatic rings. The number of aromatic nitrogens is 2. The van der Waals surface area contributed by atoms with Gasteiger partial charge in [0.25, 0.3) is 0 Å². The molecule has 1 aromatic carbocycles. The first-order valence-electron chi connectivity index (χ1n) is 6.07.